The Balaban J connectivity index is 1.85. The van der Waals surface area contributed by atoms with Crippen molar-refractivity contribution in [2.45, 2.75) is 50.3 Å². The van der Waals surface area contributed by atoms with E-state index in [1.165, 1.54) is 4.31 Å². The summed E-state index contributed by atoms with van der Waals surface area (Å²) >= 11 is 0. The van der Waals surface area contributed by atoms with Crippen LogP contribution >= 0.6 is 0 Å². The van der Waals surface area contributed by atoms with Crippen molar-refractivity contribution in [2.24, 2.45) is 5.92 Å². The van der Waals surface area contributed by atoms with E-state index in [1.807, 2.05) is 37.3 Å². The monoisotopic (exact) mass is 383 g/mol. The average Bonchev–Trinajstić information content (AvgIpc) is 2.58. The molecule has 0 radical (unpaired) electrons. The molecule has 27 heavy (non-hydrogen) atoms. The van der Waals surface area contributed by atoms with E-state index in [1.54, 1.807) is 12.1 Å². The normalized spacial score (nSPS) is 22.1. The first-order chi connectivity index (χ1) is 12.6. The predicted molar refractivity (Wildman–Crippen MR) is 107 cm³/mol. The van der Waals surface area contributed by atoms with Gasteiger partial charge < -0.3 is 0 Å². The summed E-state index contributed by atoms with van der Waals surface area (Å²) in [6, 6.07) is 12.9. The summed E-state index contributed by atoms with van der Waals surface area (Å²) in [4.78, 5) is 12.6. The van der Waals surface area contributed by atoms with Gasteiger partial charge in [0.1, 0.15) is 5.78 Å². The molecule has 1 saturated carbocycles. The number of carbonyl (C=O) groups excluding carboxylic acids is 1. The second kappa shape index (κ2) is 5.93. The lowest BCUT2D eigenvalue weighted by Gasteiger charge is -2.45. The fraction of sp³-hybridized carbons (Fsp3) is 0.409. The van der Waals surface area contributed by atoms with E-state index in [-0.39, 0.29) is 23.0 Å². The zero-order valence-electron chi connectivity index (χ0n) is 16.2. The van der Waals surface area contributed by atoms with E-state index in [0.717, 1.165) is 16.7 Å². The van der Waals surface area contributed by atoms with E-state index in [9.17, 15) is 13.2 Å². The van der Waals surface area contributed by atoms with Gasteiger partial charge in [-0.3, -0.25) is 9.10 Å². The molecule has 0 amide bonds. The average molecular weight is 384 g/mol. The maximum Gasteiger partial charge on any atom is 0.264 e. The van der Waals surface area contributed by atoms with Crippen LogP contribution in [0.25, 0.3) is 0 Å². The maximum atomic E-state index is 13.3. The van der Waals surface area contributed by atoms with E-state index in [2.05, 4.69) is 20.8 Å². The van der Waals surface area contributed by atoms with Gasteiger partial charge in [0.25, 0.3) is 10.0 Å². The second-order valence-corrected chi connectivity index (χ2v) is 10.6. The Labute approximate surface area is 161 Å². The Kier molecular flexibility index (Phi) is 4.00. The molecule has 0 saturated heterocycles. The van der Waals surface area contributed by atoms with Gasteiger partial charge >= 0.3 is 0 Å². The van der Waals surface area contributed by atoms with Crippen LogP contribution in [0, 0.1) is 12.8 Å². The third-order valence-electron chi connectivity index (χ3n) is 5.79. The Morgan fingerprint density at radius 2 is 1.70 bits per heavy atom. The standard InChI is InChI=1S/C22H25NO3S/c1-14-5-8-17(9-6-14)27(25,26)23-13-15-11-20(24)21(15)18-12-16(22(2,3)4)7-10-19(18)23/h5-10,12,15,21H,11,13H2,1-4H3/t15-,21-/m1/s1. The minimum Gasteiger partial charge on any atom is -0.299 e. The Morgan fingerprint density at radius 1 is 1.04 bits per heavy atom. The molecule has 2 atom stereocenters. The molecule has 0 spiro atoms. The topological polar surface area (TPSA) is 54.5 Å². The van der Waals surface area contributed by atoms with Crippen LogP contribution in [0.4, 0.5) is 5.69 Å². The molecule has 142 valence electrons. The van der Waals surface area contributed by atoms with Crippen LogP contribution < -0.4 is 4.31 Å². The van der Waals surface area contributed by atoms with Crippen LogP contribution in [0.3, 0.4) is 0 Å². The van der Waals surface area contributed by atoms with E-state index >= 15 is 0 Å². The predicted octanol–water partition coefficient (Wildman–Crippen LogP) is 4.17. The number of sulfonamides is 1. The Hall–Kier alpha value is -2.14. The molecule has 0 N–H and O–H groups in total. The number of benzene rings is 2. The third kappa shape index (κ3) is 2.89. The highest BCUT2D eigenvalue weighted by Gasteiger charge is 2.48. The van der Waals surface area contributed by atoms with Gasteiger partial charge in [0.05, 0.1) is 10.6 Å². The minimum atomic E-state index is -3.66. The maximum absolute atomic E-state index is 13.3. The fourth-order valence-electron chi connectivity index (χ4n) is 4.08. The van der Waals surface area contributed by atoms with Gasteiger partial charge in [0, 0.05) is 18.9 Å². The smallest absolute Gasteiger partial charge is 0.264 e. The van der Waals surface area contributed by atoms with Gasteiger partial charge in [0.2, 0.25) is 0 Å². The van der Waals surface area contributed by atoms with Crippen LogP contribution in [0.5, 0.6) is 0 Å². The fourth-order valence-corrected chi connectivity index (χ4v) is 5.62. The quantitative estimate of drug-likeness (QED) is 0.782. The summed E-state index contributed by atoms with van der Waals surface area (Å²) in [5.74, 6) is 0.131. The van der Waals surface area contributed by atoms with Gasteiger partial charge in [-0.2, -0.15) is 0 Å². The van der Waals surface area contributed by atoms with Crippen molar-refractivity contribution in [2.75, 3.05) is 10.8 Å². The van der Waals surface area contributed by atoms with E-state index in [4.69, 9.17) is 0 Å². The third-order valence-corrected chi connectivity index (χ3v) is 7.58. The summed E-state index contributed by atoms with van der Waals surface area (Å²) in [7, 11) is -3.66. The van der Waals surface area contributed by atoms with Crippen LogP contribution in [-0.2, 0) is 20.2 Å². The van der Waals surface area contributed by atoms with Crippen LogP contribution in [0.15, 0.2) is 47.4 Å². The number of hydrogen-bond donors (Lipinski definition) is 0. The molecule has 1 fully saturated rings. The van der Waals surface area contributed by atoms with Gasteiger partial charge in [0.15, 0.2) is 0 Å². The van der Waals surface area contributed by atoms with Crippen LogP contribution in [-0.4, -0.2) is 20.7 Å². The molecular formula is C22H25NO3S. The summed E-state index contributed by atoms with van der Waals surface area (Å²) in [5.41, 5.74) is 3.60. The Morgan fingerprint density at radius 3 is 2.30 bits per heavy atom. The van der Waals surface area contributed by atoms with Gasteiger partial charge in [-0.1, -0.05) is 50.6 Å². The van der Waals surface area contributed by atoms with Crippen molar-refractivity contribution < 1.29 is 13.2 Å². The second-order valence-electron chi connectivity index (χ2n) is 8.78. The van der Waals surface area contributed by atoms with Crippen molar-refractivity contribution >= 4 is 21.5 Å². The molecule has 0 unspecified atom stereocenters. The van der Waals surface area contributed by atoms with Crippen molar-refractivity contribution in [3.05, 3.63) is 59.2 Å². The number of Topliss-reactive ketones (excluding diaryl/α,β-unsaturated/α-hetero) is 1. The number of fused-ring (bicyclic) bond motifs is 3. The molecule has 1 aliphatic heterocycles. The van der Waals surface area contributed by atoms with Gasteiger partial charge in [-0.25, -0.2) is 8.42 Å². The van der Waals surface area contributed by atoms with Gasteiger partial charge in [-0.15, -0.1) is 0 Å². The number of ketones is 1. The Bertz CT molecular complexity index is 1020. The van der Waals surface area contributed by atoms with E-state index in [0.29, 0.717) is 23.5 Å². The highest BCUT2D eigenvalue weighted by molar-refractivity contribution is 7.92. The number of anilines is 1. The first-order valence-electron chi connectivity index (χ1n) is 9.35. The van der Waals surface area contributed by atoms with Crippen molar-refractivity contribution in [3.8, 4) is 0 Å². The van der Waals surface area contributed by atoms with Gasteiger partial charge in [-0.05, 0) is 47.6 Å². The number of nitrogens with zero attached hydrogens (tertiary/aromatic N) is 1. The molecule has 1 aliphatic carbocycles. The SMILES string of the molecule is Cc1ccc(S(=O)(=O)N2C[C@H]3CC(=O)[C@H]3c3cc(C(C)(C)C)ccc32)cc1. The van der Waals surface area contributed by atoms with Crippen LogP contribution in [0.2, 0.25) is 0 Å². The molecule has 5 heteroatoms. The first kappa shape index (κ1) is 18.2. The highest BCUT2D eigenvalue weighted by Crippen LogP contribution is 2.50. The molecular weight excluding hydrogens is 358 g/mol. The molecule has 1 heterocycles. The minimum absolute atomic E-state index is 0.0601. The largest absolute Gasteiger partial charge is 0.299 e. The summed E-state index contributed by atoms with van der Waals surface area (Å²) < 4.78 is 28.2. The van der Waals surface area contributed by atoms with Crippen molar-refractivity contribution in [1.82, 2.24) is 0 Å². The summed E-state index contributed by atoms with van der Waals surface area (Å²) in [6.07, 6.45) is 0.462. The van der Waals surface area contributed by atoms with E-state index < -0.39 is 10.0 Å². The lowest BCUT2D eigenvalue weighted by atomic mass is 9.66. The van der Waals surface area contributed by atoms with Crippen LogP contribution in [0.1, 0.15) is 49.8 Å². The van der Waals surface area contributed by atoms with Crippen molar-refractivity contribution in [3.63, 3.8) is 0 Å². The number of rotatable bonds is 2. The zero-order chi connectivity index (χ0) is 19.6. The zero-order valence-corrected chi connectivity index (χ0v) is 17.0. The first-order valence-corrected chi connectivity index (χ1v) is 10.8. The molecule has 2 aliphatic rings. The molecule has 2 aromatic carbocycles. The molecule has 4 rings (SSSR count). The molecule has 0 bridgehead atoms. The number of aryl methyl sites for hydroxylation is 1. The lowest BCUT2D eigenvalue weighted by molar-refractivity contribution is -0.129. The highest BCUT2D eigenvalue weighted by atomic mass is 32.2. The molecule has 0 aromatic heterocycles. The lowest BCUT2D eigenvalue weighted by Crippen LogP contribution is -2.49. The number of carbonyl (C=O) groups is 1. The molecule has 2 aromatic rings. The molecule has 4 nitrogen and oxygen atoms in total. The summed E-state index contributed by atoms with van der Waals surface area (Å²) in [5, 5.41) is 0. The van der Waals surface area contributed by atoms with Crippen molar-refractivity contribution in [1.29, 1.82) is 0 Å². The summed E-state index contributed by atoms with van der Waals surface area (Å²) in [6.45, 7) is 8.68. The number of hydrogen-bond acceptors (Lipinski definition) is 3.